The van der Waals surface area contributed by atoms with Gasteiger partial charge in [0.2, 0.25) is 0 Å². The van der Waals surface area contributed by atoms with E-state index in [0.29, 0.717) is 6.04 Å². The molecule has 1 atom stereocenters. The minimum absolute atomic E-state index is 0.679. The van der Waals surface area contributed by atoms with Gasteiger partial charge < -0.3 is 0 Å². The number of hydrogen-bond donors (Lipinski definition) is 1. The van der Waals surface area contributed by atoms with Crippen LogP contribution >= 0.6 is 0 Å². The summed E-state index contributed by atoms with van der Waals surface area (Å²) < 4.78 is 0. The number of rotatable bonds is 1. The number of nitrogens with zero attached hydrogens (tertiary/aromatic N) is 1. The Morgan fingerprint density at radius 1 is 1.22 bits per heavy atom. The second-order valence-corrected chi connectivity index (χ2v) is 3.08. The maximum Gasteiger partial charge on any atom is 0.0457 e. The Kier molecular flexibility index (Phi) is 1.44. The Bertz CT molecular complexity index is 93.1. The standard InChI is InChI=1S/C7H13N2/c1-2-6(3-1)7-4-5-8-9-7/h6-8H,1-5H2. The van der Waals surface area contributed by atoms with Crippen molar-refractivity contribution < 1.29 is 0 Å². The fourth-order valence-corrected chi connectivity index (χ4v) is 1.62. The van der Waals surface area contributed by atoms with Crippen LogP contribution in [0.4, 0.5) is 0 Å². The van der Waals surface area contributed by atoms with E-state index in [1.165, 1.54) is 25.7 Å². The molecule has 51 valence electrons. The maximum atomic E-state index is 4.31. The lowest BCUT2D eigenvalue weighted by Gasteiger charge is -2.29. The van der Waals surface area contributed by atoms with Crippen LogP contribution < -0.4 is 10.9 Å². The first-order chi connectivity index (χ1) is 4.47. The molecule has 1 radical (unpaired) electrons. The lowest BCUT2D eigenvalue weighted by molar-refractivity contribution is 0.237. The van der Waals surface area contributed by atoms with Crippen LogP contribution in [-0.4, -0.2) is 12.6 Å². The zero-order chi connectivity index (χ0) is 6.10. The van der Waals surface area contributed by atoms with E-state index in [4.69, 9.17) is 0 Å². The highest BCUT2D eigenvalue weighted by molar-refractivity contribution is 4.84. The van der Waals surface area contributed by atoms with E-state index in [1.807, 2.05) is 0 Å². The molecule has 2 aliphatic rings. The van der Waals surface area contributed by atoms with E-state index in [1.54, 1.807) is 0 Å². The van der Waals surface area contributed by atoms with Gasteiger partial charge in [0.25, 0.3) is 0 Å². The SMILES string of the molecule is C1CC(C2CCN[N]2)C1. The summed E-state index contributed by atoms with van der Waals surface area (Å²) in [5.41, 5.74) is 7.35. The summed E-state index contributed by atoms with van der Waals surface area (Å²) in [5, 5.41) is 0. The van der Waals surface area contributed by atoms with Crippen LogP contribution in [0.5, 0.6) is 0 Å². The first kappa shape index (κ1) is 5.69. The van der Waals surface area contributed by atoms with Gasteiger partial charge in [-0.15, -0.1) is 0 Å². The van der Waals surface area contributed by atoms with E-state index in [0.717, 1.165) is 12.5 Å². The van der Waals surface area contributed by atoms with Crippen LogP contribution in [0.3, 0.4) is 0 Å². The largest absolute Gasteiger partial charge is 0.240 e. The van der Waals surface area contributed by atoms with Crippen LogP contribution in [0.1, 0.15) is 25.7 Å². The van der Waals surface area contributed by atoms with Gasteiger partial charge in [-0.25, -0.2) is 5.43 Å². The molecular weight excluding hydrogens is 112 g/mol. The molecule has 0 aromatic heterocycles. The minimum Gasteiger partial charge on any atom is -0.240 e. The van der Waals surface area contributed by atoms with E-state index in [9.17, 15) is 0 Å². The molecule has 2 fully saturated rings. The smallest absolute Gasteiger partial charge is 0.0457 e. The molecule has 1 N–H and O–H groups in total. The van der Waals surface area contributed by atoms with Gasteiger partial charge in [0.05, 0.1) is 0 Å². The van der Waals surface area contributed by atoms with E-state index in [2.05, 4.69) is 10.9 Å². The molecule has 0 spiro atoms. The van der Waals surface area contributed by atoms with Crippen LogP contribution in [0, 0.1) is 5.92 Å². The molecule has 2 rings (SSSR count). The normalized spacial score (nSPS) is 36.7. The Labute approximate surface area is 56.0 Å². The molecule has 0 bridgehead atoms. The molecule has 1 aliphatic heterocycles. The third-order valence-corrected chi connectivity index (χ3v) is 2.50. The van der Waals surface area contributed by atoms with Gasteiger partial charge in [-0.05, 0) is 25.2 Å². The molecule has 9 heavy (non-hydrogen) atoms. The van der Waals surface area contributed by atoms with Crippen molar-refractivity contribution in [2.75, 3.05) is 6.54 Å². The van der Waals surface area contributed by atoms with Gasteiger partial charge in [0.15, 0.2) is 0 Å². The molecule has 1 heterocycles. The lowest BCUT2D eigenvalue weighted by atomic mass is 9.79. The van der Waals surface area contributed by atoms with E-state index < -0.39 is 0 Å². The summed E-state index contributed by atoms with van der Waals surface area (Å²) in [4.78, 5) is 0. The molecule has 1 unspecified atom stereocenters. The molecule has 2 heteroatoms. The highest BCUT2D eigenvalue weighted by Crippen LogP contribution is 2.31. The van der Waals surface area contributed by atoms with Crippen LogP contribution in [0.2, 0.25) is 0 Å². The first-order valence-corrected chi connectivity index (χ1v) is 3.89. The van der Waals surface area contributed by atoms with Gasteiger partial charge in [0.1, 0.15) is 0 Å². The average molecular weight is 125 g/mol. The molecule has 2 nitrogen and oxygen atoms in total. The third kappa shape index (κ3) is 0.970. The predicted molar refractivity (Wildman–Crippen MR) is 35.9 cm³/mol. The topological polar surface area (TPSA) is 26.1 Å². The maximum absolute atomic E-state index is 4.31. The highest BCUT2D eigenvalue weighted by atomic mass is 15.4. The van der Waals surface area contributed by atoms with Crippen LogP contribution in [0.15, 0.2) is 0 Å². The molecule has 1 aliphatic carbocycles. The molecule has 0 amide bonds. The second-order valence-electron chi connectivity index (χ2n) is 3.08. The van der Waals surface area contributed by atoms with Crippen molar-refractivity contribution in [1.29, 1.82) is 0 Å². The number of nitrogens with one attached hydrogen (secondary N) is 1. The Morgan fingerprint density at radius 3 is 2.56 bits per heavy atom. The van der Waals surface area contributed by atoms with Crippen molar-refractivity contribution in [3.8, 4) is 0 Å². The average Bonchev–Trinajstić information content (AvgIpc) is 2.11. The Morgan fingerprint density at radius 2 is 2.11 bits per heavy atom. The van der Waals surface area contributed by atoms with Gasteiger partial charge in [0, 0.05) is 12.6 Å². The molecule has 1 saturated heterocycles. The minimum atomic E-state index is 0.679. The summed E-state index contributed by atoms with van der Waals surface area (Å²) in [7, 11) is 0. The summed E-state index contributed by atoms with van der Waals surface area (Å²) >= 11 is 0. The van der Waals surface area contributed by atoms with Gasteiger partial charge >= 0.3 is 0 Å². The molecule has 0 aromatic carbocycles. The Balaban J connectivity index is 1.82. The third-order valence-electron chi connectivity index (χ3n) is 2.50. The quantitative estimate of drug-likeness (QED) is 0.547. The van der Waals surface area contributed by atoms with E-state index >= 15 is 0 Å². The van der Waals surface area contributed by atoms with Crippen LogP contribution in [-0.2, 0) is 0 Å². The summed E-state index contributed by atoms with van der Waals surface area (Å²) in [6, 6.07) is 0.679. The van der Waals surface area contributed by atoms with Crippen molar-refractivity contribution in [3.05, 3.63) is 0 Å². The predicted octanol–water partition coefficient (Wildman–Crippen LogP) is 0.668. The zero-order valence-electron chi connectivity index (χ0n) is 5.64. The Hall–Kier alpha value is -0.0800. The highest BCUT2D eigenvalue weighted by Gasteiger charge is 2.29. The van der Waals surface area contributed by atoms with Crippen molar-refractivity contribution >= 4 is 0 Å². The van der Waals surface area contributed by atoms with Gasteiger partial charge in [-0.2, -0.15) is 5.43 Å². The van der Waals surface area contributed by atoms with Gasteiger partial charge in [-0.3, -0.25) is 0 Å². The molecule has 0 aromatic rings. The van der Waals surface area contributed by atoms with E-state index in [-0.39, 0.29) is 0 Å². The summed E-state index contributed by atoms with van der Waals surface area (Å²) in [5.74, 6) is 0.944. The van der Waals surface area contributed by atoms with Crippen molar-refractivity contribution in [2.24, 2.45) is 5.92 Å². The van der Waals surface area contributed by atoms with Crippen LogP contribution in [0.25, 0.3) is 0 Å². The monoisotopic (exact) mass is 125 g/mol. The number of hydrogen-bond acceptors (Lipinski definition) is 1. The van der Waals surface area contributed by atoms with Crippen molar-refractivity contribution in [2.45, 2.75) is 31.7 Å². The molecule has 1 saturated carbocycles. The second kappa shape index (κ2) is 2.27. The first-order valence-electron chi connectivity index (χ1n) is 3.89. The fraction of sp³-hybridized carbons (Fsp3) is 1.00. The van der Waals surface area contributed by atoms with Crippen molar-refractivity contribution in [1.82, 2.24) is 10.9 Å². The summed E-state index contributed by atoms with van der Waals surface area (Å²) in [6.45, 7) is 1.11. The zero-order valence-corrected chi connectivity index (χ0v) is 5.64. The fourth-order valence-electron chi connectivity index (χ4n) is 1.62. The summed E-state index contributed by atoms with van der Waals surface area (Å²) in [6.07, 6.45) is 5.58. The van der Waals surface area contributed by atoms with Gasteiger partial charge in [-0.1, -0.05) is 6.42 Å². The van der Waals surface area contributed by atoms with Crippen molar-refractivity contribution in [3.63, 3.8) is 0 Å². The lowest BCUT2D eigenvalue weighted by Crippen LogP contribution is -2.33. The molecular formula is C7H13N2.